The predicted octanol–water partition coefficient (Wildman–Crippen LogP) is 9.55. The fourth-order valence-electron chi connectivity index (χ4n) is 6.58. The van der Waals surface area contributed by atoms with Crippen LogP contribution in [-0.2, 0) is 0 Å². The van der Waals surface area contributed by atoms with Crippen LogP contribution >= 0.6 is 0 Å². The summed E-state index contributed by atoms with van der Waals surface area (Å²) in [6.45, 7) is 8.37. The van der Waals surface area contributed by atoms with Gasteiger partial charge in [0.2, 0.25) is 0 Å². The van der Waals surface area contributed by atoms with Gasteiger partial charge in [0.15, 0.2) is 11.6 Å². The average Bonchev–Trinajstić information content (AvgIpc) is 3.27. The summed E-state index contributed by atoms with van der Waals surface area (Å²) >= 11 is 0. The molecule has 194 valence electrons. The van der Waals surface area contributed by atoms with Crippen molar-refractivity contribution in [3.63, 3.8) is 0 Å². The Bertz CT molecular complexity index is 1540. The van der Waals surface area contributed by atoms with E-state index in [4.69, 9.17) is 4.42 Å². The Morgan fingerprint density at radius 1 is 0.947 bits per heavy atom. The lowest BCUT2D eigenvalue weighted by molar-refractivity contribution is -0.103. The van der Waals surface area contributed by atoms with Crippen LogP contribution in [0.25, 0.3) is 33.4 Å². The van der Waals surface area contributed by atoms with Gasteiger partial charge in [0.05, 0.1) is 5.56 Å². The van der Waals surface area contributed by atoms with Crippen LogP contribution in [0.5, 0.6) is 0 Å². The van der Waals surface area contributed by atoms with Crippen molar-refractivity contribution >= 4 is 22.5 Å². The van der Waals surface area contributed by atoms with Crippen molar-refractivity contribution in [1.82, 2.24) is 0 Å². The number of ketones is 2. The smallest absolute Gasteiger partial charge is 0.167 e. The summed E-state index contributed by atoms with van der Waals surface area (Å²) in [5.41, 5.74) is 7.84. The molecule has 0 amide bonds. The molecule has 3 fully saturated rings. The monoisotopic (exact) mass is 504 g/mol. The lowest BCUT2D eigenvalue weighted by Gasteiger charge is -2.62. The average molecular weight is 505 g/mol. The van der Waals surface area contributed by atoms with Crippen LogP contribution in [0.2, 0.25) is 0 Å². The molecule has 1 atom stereocenters. The van der Waals surface area contributed by atoms with Crippen LogP contribution in [0, 0.1) is 18.3 Å². The van der Waals surface area contributed by atoms with Crippen molar-refractivity contribution in [2.24, 2.45) is 11.3 Å². The van der Waals surface area contributed by atoms with Crippen molar-refractivity contribution in [2.45, 2.75) is 72.1 Å². The second-order valence-corrected chi connectivity index (χ2v) is 11.9. The minimum Gasteiger partial charge on any atom is -0.455 e. The summed E-state index contributed by atoms with van der Waals surface area (Å²) in [7, 11) is 0. The van der Waals surface area contributed by atoms with E-state index in [1.165, 1.54) is 24.8 Å². The Morgan fingerprint density at radius 3 is 2.32 bits per heavy atom. The van der Waals surface area contributed by atoms with E-state index >= 15 is 0 Å². The maximum Gasteiger partial charge on any atom is 0.167 e. The van der Waals surface area contributed by atoms with Crippen molar-refractivity contribution < 1.29 is 14.0 Å². The molecule has 4 aromatic rings. The Kier molecular flexibility index (Phi) is 6.13. The predicted molar refractivity (Wildman–Crippen MR) is 154 cm³/mol. The molecule has 2 bridgehead atoms. The Morgan fingerprint density at radius 2 is 1.68 bits per heavy atom. The standard InChI is InChI=1S/C35H36O3/c1-5-22(4)27-16-32-29(33(30(36)6-2)34(38-32)24-12-10-21(3)11-13-24)15-28(27)25-8-7-9-26(14-25)31(37)20-35-17-23(18-35)19-35/h7-16,22-23H,5-6,17-20H2,1-4H3. The lowest BCUT2D eigenvalue weighted by atomic mass is 9.43. The second-order valence-electron chi connectivity index (χ2n) is 11.9. The van der Waals surface area contributed by atoms with Gasteiger partial charge in [-0.15, -0.1) is 0 Å². The number of carbonyl (C=O) groups is 2. The van der Waals surface area contributed by atoms with Gasteiger partial charge < -0.3 is 4.42 Å². The van der Waals surface area contributed by atoms with Crippen molar-refractivity contribution in [1.29, 1.82) is 0 Å². The van der Waals surface area contributed by atoms with Crippen LogP contribution in [0.4, 0.5) is 0 Å². The molecule has 7 rings (SSSR count). The van der Waals surface area contributed by atoms with Gasteiger partial charge in [-0.25, -0.2) is 0 Å². The first kappa shape index (κ1) is 24.9. The minimum absolute atomic E-state index is 0.0732. The summed E-state index contributed by atoms with van der Waals surface area (Å²) in [6, 6.07) is 20.5. The maximum absolute atomic E-state index is 13.3. The van der Waals surface area contributed by atoms with Crippen LogP contribution < -0.4 is 0 Å². The number of benzene rings is 3. The van der Waals surface area contributed by atoms with Crippen LogP contribution in [0.3, 0.4) is 0 Å². The number of carbonyl (C=O) groups excluding carboxylic acids is 2. The van der Waals surface area contributed by atoms with Crippen molar-refractivity contribution in [3.8, 4) is 22.5 Å². The van der Waals surface area contributed by atoms with Gasteiger partial charge >= 0.3 is 0 Å². The molecule has 3 aliphatic rings. The molecule has 1 unspecified atom stereocenters. The Labute approximate surface area is 225 Å². The fraction of sp³-hybridized carbons (Fsp3) is 0.371. The number of hydrogen-bond donors (Lipinski definition) is 0. The molecule has 0 spiro atoms. The first-order chi connectivity index (χ1) is 18.3. The quantitative estimate of drug-likeness (QED) is 0.213. The summed E-state index contributed by atoms with van der Waals surface area (Å²) in [4.78, 5) is 26.5. The van der Waals surface area contributed by atoms with E-state index in [1.807, 2.05) is 43.3 Å². The molecular weight excluding hydrogens is 468 g/mol. The highest BCUT2D eigenvalue weighted by Crippen LogP contribution is 2.66. The highest BCUT2D eigenvalue weighted by atomic mass is 16.3. The third-order valence-electron chi connectivity index (χ3n) is 9.11. The molecule has 3 saturated carbocycles. The first-order valence-electron chi connectivity index (χ1n) is 14.1. The molecule has 38 heavy (non-hydrogen) atoms. The molecule has 3 nitrogen and oxygen atoms in total. The van der Waals surface area contributed by atoms with E-state index in [9.17, 15) is 9.59 Å². The van der Waals surface area contributed by atoms with Crippen molar-refractivity contribution in [3.05, 3.63) is 82.9 Å². The molecule has 3 heteroatoms. The van der Waals surface area contributed by atoms with E-state index in [1.54, 1.807) is 0 Å². The van der Waals surface area contributed by atoms with Gasteiger partial charge in [0.1, 0.15) is 11.3 Å². The van der Waals surface area contributed by atoms with Gasteiger partial charge in [-0.3, -0.25) is 9.59 Å². The van der Waals surface area contributed by atoms with Crippen LogP contribution in [0.15, 0.2) is 65.1 Å². The van der Waals surface area contributed by atoms with E-state index in [0.717, 1.165) is 51.1 Å². The summed E-state index contributed by atoms with van der Waals surface area (Å²) in [5.74, 6) is 2.14. The molecule has 0 radical (unpaired) electrons. The van der Waals surface area contributed by atoms with E-state index in [2.05, 4.69) is 45.0 Å². The van der Waals surface area contributed by atoms with E-state index < -0.39 is 0 Å². The summed E-state index contributed by atoms with van der Waals surface area (Å²) in [6.07, 6.45) is 5.73. The van der Waals surface area contributed by atoms with Gasteiger partial charge in [0, 0.05) is 29.4 Å². The van der Waals surface area contributed by atoms with Crippen LogP contribution in [0.1, 0.15) is 97.1 Å². The second kappa shape index (κ2) is 9.38. The highest BCUT2D eigenvalue weighted by molar-refractivity contribution is 6.13. The fourth-order valence-corrected chi connectivity index (χ4v) is 6.58. The zero-order chi connectivity index (χ0) is 26.6. The number of furan rings is 1. The molecule has 3 aromatic carbocycles. The summed E-state index contributed by atoms with van der Waals surface area (Å²) in [5, 5.41) is 0.847. The number of fused-ring (bicyclic) bond motifs is 1. The van der Waals surface area contributed by atoms with Gasteiger partial charge in [-0.1, -0.05) is 68.8 Å². The number of rotatable bonds is 9. The highest BCUT2D eigenvalue weighted by Gasteiger charge is 2.56. The van der Waals surface area contributed by atoms with Gasteiger partial charge in [-0.2, -0.15) is 0 Å². The zero-order valence-corrected chi connectivity index (χ0v) is 22.9. The zero-order valence-electron chi connectivity index (χ0n) is 22.9. The molecular formula is C35H36O3. The van der Waals surface area contributed by atoms with Gasteiger partial charge in [0.25, 0.3) is 0 Å². The third-order valence-corrected chi connectivity index (χ3v) is 9.11. The van der Waals surface area contributed by atoms with Crippen molar-refractivity contribution in [2.75, 3.05) is 0 Å². The van der Waals surface area contributed by atoms with E-state index in [0.29, 0.717) is 30.1 Å². The molecule has 0 saturated heterocycles. The third kappa shape index (κ3) is 4.13. The Hall–Kier alpha value is -3.46. The molecule has 0 aliphatic heterocycles. The lowest BCUT2D eigenvalue weighted by Crippen LogP contribution is -2.52. The molecule has 0 N–H and O–H groups in total. The van der Waals surface area contributed by atoms with Crippen LogP contribution in [-0.4, -0.2) is 11.6 Å². The van der Waals surface area contributed by atoms with Gasteiger partial charge in [-0.05, 0) is 84.7 Å². The normalized spacial score (nSPS) is 20.6. The SMILES string of the molecule is CCC(=O)c1c(-c2ccc(C)cc2)oc2cc(C(C)CC)c(-c3cccc(C(=O)CC45CC(C4)C5)c3)cc12. The molecule has 3 aliphatic carbocycles. The Balaban J connectivity index is 1.49. The molecule has 1 aromatic heterocycles. The first-order valence-corrected chi connectivity index (χ1v) is 14.1. The number of aryl methyl sites for hydroxylation is 1. The molecule has 1 heterocycles. The summed E-state index contributed by atoms with van der Waals surface area (Å²) < 4.78 is 6.44. The number of Topliss-reactive ketones (excluding diaryl/α,β-unsaturated/α-hetero) is 2. The van der Waals surface area contributed by atoms with E-state index in [-0.39, 0.29) is 17.0 Å². The minimum atomic E-state index is 0.0732. The number of hydrogen-bond acceptors (Lipinski definition) is 3. The largest absolute Gasteiger partial charge is 0.455 e. The maximum atomic E-state index is 13.3. The topological polar surface area (TPSA) is 47.3 Å².